The van der Waals surface area contributed by atoms with Crippen molar-refractivity contribution >= 4 is 29.6 Å². The first-order valence-corrected chi connectivity index (χ1v) is 12.0. The lowest BCUT2D eigenvalue weighted by molar-refractivity contribution is -0.134. The fourth-order valence-corrected chi connectivity index (χ4v) is 3.48. The lowest BCUT2D eigenvalue weighted by Gasteiger charge is -2.32. The molecule has 0 aromatic rings. The van der Waals surface area contributed by atoms with Crippen molar-refractivity contribution < 1.29 is 44.4 Å². The fraction of sp³-hybridized carbons (Fsp3) is 0.560. The van der Waals surface area contributed by atoms with Gasteiger partial charge in [-0.05, 0) is 39.2 Å². The Bertz CT molecular complexity index is 750. The third kappa shape index (κ3) is 20.4. The molecule has 12 nitrogen and oxygen atoms in total. The minimum atomic E-state index is -1.26. The van der Waals surface area contributed by atoms with E-state index in [9.17, 15) is 19.2 Å². The Balaban J connectivity index is 0.000000669. The van der Waals surface area contributed by atoms with Gasteiger partial charge in [-0.15, -0.1) is 6.58 Å². The number of oxime groups is 1. The minimum absolute atomic E-state index is 0.558. The summed E-state index contributed by atoms with van der Waals surface area (Å²) in [5.74, 6) is -4.45. The molecule has 208 valence electrons. The van der Waals surface area contributed by atoms with Crippen molar-refractivity contribution in [2.24, 2.45) is 11.1 Å². The van der Waals surface area contributed by atoms with Gasteiger partial charge in [-0.2, -0.15) is 0 Å². The fourth-order valence-electron chi connectivity index (χ4n) is 3.48. The van der Waals surface area contributed by atoms with Gasteiger partial charge in [-0.25, -0.2) is 19.2 Å². The predicted molar refractivity (Wildman–Crippen MR) is 138 cm³/mol. The van der Waals surface area contributed by atoms with Gasteiger partial charge < -0.3 is 35.1 Å². The van der Waals surface area contributed by atoms with Crippen molar-refractivity contribution in [2.75, 3.05) is 46.4 Å². The maximum Gasteiger partial charge on any atom is 0.328 e. The van der Waals surface area contributed by atoms with Crippen LogP contribution in [0, 0.1) is 5.92 Å². The summed E-state index contributed by atoms with van der Waals surface area (Å²) in [7, 11) is 2.19. The molecule has 1 heterocycles. The highest BCUT2D eigenvalue weighted by molar-refractivity contribution is 5.90. The first kappa shape index (κ1) is 33.5. The normalized spacial score (nSPS) is 19.4. The monoisotopic (exact) mass is 525 g/mol. The third-order valence-electron chi connectivity index (χ3n) is 5.38. The standard InChI is InChI=1S/C17H31N3O.2C4H4O4/c1-3-7-16-8-4-5-9-17(16)18-21-15-6-10-20-13-11-19(2)12-14-20;2*5-3(6)1-2-4(7)8/h3,16H,1,4-15H2,2H3;2*1-2H,(H,5,6)(H,7,8)/b18-17+;2*2-1+. The number of piperazine rings is 1. The maximum absolute atomic E-state index is 9.55. The van der Waals surface area contributed by atoms with E-state index in [0.29, 0.717) is 30.2 Å². The molecule has 0 aromatic heterocycles. The average Bonchev–Trinajstić information content (AvgIpc) is 2.84. The van der Waals surface area contributed by atoms with Crippen LogP contribution in [0.25, 0.3) is 0 Å². The molecule has 1 atom stereocenters. The van der Waals surface area contributed by atoms with E-state index in [0.717, 1.165) is 32.4 Å². The van der Waals surface area contributed by atoms with Gasteiger partial charge in [-0.3, -0.25) is 0 Å². The number of carboxylic acids is 4. The van der Waals surface area contributed by atoms with E-state index in [4.69, 9.17) is 25.3 Å². The van der Waals surface area contributed by atoms with Crippen LogP contribution in [-0.2, 0) is 24.0 Å². The van der Waals surface area contributed by atoms with Crippen LogP contribution >= 0.6 is 0 Å². The third-order valence-corrected chi connectivity index (χ3v) is 5.38. The molecule has 2 aliphatic rings. The smallest absolute Gasteiger partial charge is 0.328 e. The van der Waals surface area contributed by atoms with Gasteiger partial charge in [0, 0.05) is 62.9 Å². The van der Waals surface area contributed by atoms with Gasteiger partial charge >= 0.3 is 23.9 Å². The second-order valence-corrected chi connectivity index (χ2v) is 8.40. The Kier molecular flexibility index (Phi) is 18.7. The second kappa shape index (κ2) is 20.7. The molecule has 12 heteroatoms. The van der Waals surface area contributed by atoms with Crippen LogP contribution in [0.4, 0.5) is 0 Å². The molecule has 0 radical (unpaired) electrons. The number of allylic oxidation sites excluding steroid dienone is 1. The topological polar surface area (TPSA) is 177 Å². The summed E-state index contributed by atoms with van der Waals surface area (Å²) in [6, 6.07) is 0. The number of rotatable bonds is 11. The molecule has 1 unspecified atom stereocenters. The Morgan fingerprint density at radius 3 is 1.89 bits per heavy atom. The molecule has 0 spiro atoms. The molecule has 0 bridgehead atoms. The highest BCUT2D eigenvalue weighted by atomic mass is 16.6. The zero-order valence-electron chi connectivity index (χ0n) is 21.3. The van der Waals surface area contributed by atoms with Crippen molar-refractivity contribution in [2.45, 2.75) is 38.5 Å². The Hall–Kier alpha value is -3.51. The zero-order valence-corrected chi connectivity index (χ0v) is 21.3. The van der Waals surface area contributed by atoms with Crippen molar-refractivity contribution in [1.29, 1.82) is 0 Å². The second-order valence-electron chi connectivity index (χ2n) is 8.40. The molecule has 0 amide bonds. The number of aliphatic carboxylic acids is 4. The number of hydrogen-bond donors (Lipinski definition) is 4. The minimum Gasteiger partial charge on any atom is -0.478 e. The summed E-state index contributed by atoms with van der Waals surface area (Å²) in [4.78, 5) is 48.7. The zero-order chi connectivity index (χ0) is 28.1. The number of carboxylic acid groups (broad SMARTS) is 4. The summed E-state index contributed by atoms with van der Waals surface area (Å²) in [5.41, 5.74) is 1.26. The van der Waals surface area contributed by atoms with Gasteiger partial charge in [0.1, 0.15) is 6.61 Å². The van der Waals surface area contributed by atoms with E-state index in [2.05, 4.69) is 28.6 Å². The van der Waals surface area contributed by atoms with Crippen LogP contribution in [0.2, 0.25) is 0 Å². The van der Waals surface area contributed by atoms with E-state index in [1.54, 1.807) is 0 Å². The SMILES string of the molecule is C=CCC1CCCC/C1=N\OCCCN1CCN(C)CC1.O=C(O)/C=C/C(=O)O.O=C(O)/C=C/C(=O)O. The van der Waals surface area contributed by atoms with Gasteiger partial charge in [0.2, 0.25) is 0 Å². The Morgan fingerprint density at radius 1 is 0.919 bits per heavy atom. The van der Waals surface area contributed by atoms with E-state index >= 15 is 0 Å². The number of carbonyl (C=O) groups is 4. The predicted octanol–water partition coefficient (Wildman–Crippen LogP) is 2.19. The summed E-state index contributed by atoms with van der Waals surface area (Å²) in [6.07, 6.45) is 11.3. The number of hydrogen-bond acceptors (Lipinski definition) is 8. The Labute approximate surface area is 217 Å². The first-order chi connectivity index (χ1) is 17.5. The van der Waals surface area contributed by atoms with E-state index in [-0.39, 0.29) is 0 Å². The molecule has 0 aromatic carbocycles. The van der Waals surface area contributed by atoms with Gasteiger partial charge in [0.15, 0.2) is 0 Å². The van der Waals surface area contributed by atoms with Crippen molar-refractivity contribution in [1.82, 2.24) is 9.80 Å². The van der Waals surface area contributed by atoms with Crippen molar-refractivity contribution in [3.63, 3.8) is 0 Å². The summed E-state index contributed by atoms with van der Waals surface area (Å²) >= 11 is 0. The molecule has 4 N–H and O–H groups in total. The molecule has 37 heavy (non-hydrogen) atoms. The molecular formula is C25H39N3O9. The van der Waals surface area contributed by atoms with Crippen LogP contribution in [0.15, 0.2) is 42.1 Å². The van der Waals surface area contributed by atoms with Crippen LogP contribution in [0.1, 0.15) is 38.5 Å². The molecule has 2 fully saturated rings. The van der Waals surface area contributed by atoms with Crippen LogP contribution < -0.4 is 0 Å². The van der Waals surface area contributed by atoms with Crippen molar-refractivity contribution in [3.8, 4) is 0 Å². The van der Waals surface area contributed by atoms with E-state index in [1.807, 2.05) is 6.08 Å². The van der Waals surface area contributed by atoms with Crippen LogP contribution in [-0.4, -0.2) is 106 Å². The highest BCUT2D eigenvalue weighted by Gasteiger charge is 2.19. The summed E-state index contributed by atoms with van der Waals surface area (Å²) in [6.45, 7) is 10.5. The van der Waals surface area contributed by atoms with E-state index in [1.165, 1.54) is 51.2 Å². The lowest BCUT2D eigenvalue weighted by atomic mass is 9.85. The summed E-state index contributed by atoms with van der Waals surface area (Å²) in [5, 5.41) is 35.7. The maximum atomic E-state index is 9.55. The Morgan fingerprint density at radius 2 is 1.43 bits per heavy atom. The molecular weight excluding hydrogens is 486 g/mol. The molecule has 1 saturated heterocycles. The first-order valence-electron chi connectivity index (χ1n) is 12.0. The summed E-state index contributed by atoms with van der Waals surface area (Å²) < 4.78 is 0. The van der Waals surface area contributed by atoms with Gasteiger partial charge in [0.25, 0.3) is 0 Å². The molecule has 2 rings (SSSR count). The number of likely N-dealkylation sites (N-methyl/N-ethyl adjacent to an activating group) is 1. The largest absolute Gasteiger partial charge is 0.478 e. The molecule has 1 aliphatic carbocycles. The van der Waals surface area contributed by atoms with Crippen LogP contribution in [0.5, 0.6) is 0 Å². The molecule has 1 aliphatic heterocycles. The van der Waals surface area contributed by atoms with Gasteiger partial charge in [-0.1, -0.05) is 17.7 Å². The molecule has 1 saturated carbocycles. The van der Waals surface area contributed by atoms with Crippen molar-refractivity contribution in [3.05, 3.63) is 37.0 Å². The van der Waals surface area contributed by atoms with E-state index < -0.39 is 23.9 Å². The average molecular weight is 526 g/mol. The quantitative estimate of drug-likeness (QED) is 0.134. The number of nitrogens with zero attached hydrogens (tertiary/aromatic N) is 3. The van der Waals surface area contributed by atoms with Crippen LogP contribution in [0.3, 0.4) is 0 Å². The lowest BCUT2D eigenvalue weighted by Crippen LogP contribution is -2.44. The van der Waals surface area contributed by atoms with Gasteiger partial charge in [0.05, 0.1) is 5.71 Å². The highest BCUT2D eigenvalue weighted by Crippen LogP contribution is 2.24.